The minimum atomic E-state index is -6.49. The maximum atomic E-state index is 13.4. The summed E-state index contributed by atoms with van der Waals surface area (Å²) in [5.41, 5.74) is 0.185. The molecule has 0 saturated heterocycles. The third-order valence-corrected chi connectivity index (χ3v) is 6.41. The smallest absolute Gasteiger partial charge is 0.460 e. The van der Waals surface area contributed by atoms with Crippen molar-refractivity contribution in [3.8, 4) is 11.6 Å². The highest BCUT2D eigenvalue weighted by atomic mass is 79.9. The second kappa shape index (κ2) is 7.90. The van der Waals surface area contributed by atoms with Crippen molar-refractivity contribution in [2.24, 2.45) is 0 Å². The summed E-state index contributed by atoms with van der Waals surface area (Å²) < 4.78 is 122. The largest absolute Gasteiger partial charge is 0.484 e. The number of pyridine rings is 1. The predicted molar refractivity (Wildman–Crippen MR) is 99.2 cm³/mol. The van der Waals surface area contributed by atoms with E-state index in [-0.39, 0.29) is 22.2 Å². The minimum Gasteiger partial charge on any atom is -0.484 e. The fraction of sp³-hybridized carbons (Fsp3) is 0.375. The maximum absolute atomic E-state index is 13.4. The van der Waals surface area contributed by atoms with E-state index in [2.05, 4.69) is 30.7 Å². The van der Waals surface area contributed by atoms with E-state index in [0.29, 0.717) is 4.47 Å². The third-order valence-electron chi connectivity index (χ3n) is 4.21. The van der Waals surface area contributed by atoms with E-state index < -0.39 is 40.2 Å². The first-order chi connectivity index (χ1) is 14.6. The van der Waals surface area contributed by atoms with Gasteiger partial charge >= 0.3 is 18.0 Å². The van der Waals surface area contributed by atoms with Gasteiger partial charge in [0.05, 0.1) is 18.1 Å². The molecule has 0 bridgehead atoms. The summed E-state index contributed by atoms with van der Waals surface area (Å²) in [7, 11) is -3.91. The maximum Gasteiger partial charge on any atom is 0.460 e. The molecule has 0 saturated carbocycles. The molecule has 0 amide bonds. The second-order valence-corrected chi connectivity index (χ2v) is 9.51. The van der Waals surface area contributed by atoms with Crippen LogP contribution in [0.1, 0.15) is 6.92 Å². The molecule has 7 nitrogen and oxygen atoms in total. The van der Waals surface area contributed by atoms with Gasteiger partial charge in [-0.05, 0) is 28.1 Å². The van der Waals surface area contributed by atoms with Crippen LogP contribution in [0.4, 0.5) is 30.7 Å². The Labute approximate surface area is 183 Å². The molecule has 32 heavy (non-hydrogen) atoms. The molecule has 0 fully saturated rings. The average Bonchev–Trinajstić information content (AvgIpc) is 3.29. The van der Waals surface area contributed by atoms with E-state index in [1.807, 2.05) is 0 Å². The van der Waals surface area contributed by atoms with E-state index in [4.69, 9.17) is 0 Å². The quantitative estimate of drug-likeness (QED) is 0.409. The number of aromatic nitrogens is 4. The van der Waals surface area contributed by atoms with Crippen LogP contribution in [0.3, 0.4) is 0 Å². The van der Waals surface area contributed by atoms with Crippen LogP contribution < -0.4 is 4.74 Å². The summed E-state index contributed by atoms with van der Waals surface area (Å²) in [5.74, 6) is -13.1. The highest BCUT2D eigenvalue weighted by Crippen LogP contribution is 2.46. The lowest BCUT2D eigenvalue weighted by molar-refractivity contribution is -0.358. The number of ether oxygens (including phenoxy) is 1. The van der Waals surface area contributed by atoms with Gasteiger partial charge in [0.15, 0.2) is 33.0 Å². The highest BCUT2D eigenvalue weighted by Gasteiger charge is 2.73. The Morgan fingerprint density at radius 1 is 1.09 bits per heavy atom. The van der Waals surface area contributed by atoms with Crippen molar-refractivity contribution < 1.29 is 43.9 Å². The van der Waals surface area contributed by atoms with Crippen molar-refractivity contribution in [1.82, 2.24) is 19.2 Å². The molecular weight excluding hydrogens is 541 g/mol. The number of halogens is 8. The molecule has 0 aliphatic rings. The molecule has 0 atom stereocenters. The fourth-order valence-electron chi connectivity index (χ4n) is 2.53. The molecule has 176 valence electrons. The Kier molecular flexibility index (Phi) is 5.99. The molecule has 0 aromatic carbocycles. The Morgan fingerprint density at radius 2 is 1.75 bits per heavy atom. The van der Waals surface area contributed by atoms with Crippen molar-refractivity contribution in [1.29, 1.82) is 0 Å². The van der Waals surface area contributed by atoms with Crippen molar-refractivity contribution >= 4 is 31.4 Å². The van der Waals surface area contributed by atoms with Gasteiger partial charge in [0.1, 0.15) is 5.65 Å². The summed E-state index contributed by atoms with van der Waals surface area (Å²) in [6, 6.07) is 3.05. The van der Waals surface area contributed by atoms with Gasteiger partial charge in [0, 0.05) is 10.7 Å². The molecule has 3 heterocycles. The van der Waals surface area contributed by atoms with E-state index in [0.717, 1.165) is 17.1 Å². The van der Waals surface area contributed by atoms with Crippen LogP contribution in [0.2, 0.25) is 0 Å². The van der Waals surface area contributed by atoms with Gasteiger partial charge in [-0.3, -0.25) is 4.40 Å². The standard InChI is InChI=1S/C16H12BrF7N4O3S/c1-2-32(29,30)13-12(26-11-4-3-9(17)6-27(11)13)28-7-10(5-25-28)31-8-14(18,19)15(20,21)16(22,23)24/h3-7H,2,8H2,1H3. The molecule has 16 heteroatoms. The Hall–Kier alpha value is -2.36. The molecule has 0 radical (unpaired) electrons. The van der Waals surface area contributed by atoms with Crippen LogP contribution in [0, 0.1) is 0 Å². The Bertz CT molecular complexity index is 1250. The van der Waals surface area contributed by atoms with Gasteiger partial charge in [-0.1, -0.05) is 6.92 Å². The number of hydrogen-bond donors (Lipinski definition) is 0. The van der Waals surface area contributed by atoms with Gasteiger partial charge in [-0.2, -0.15) is 35.8 Å². The number of alkyl halides is 7. The summed E-state index contributed by atoms with van der Waals surface area (Å²) in [4.78, 5) is 4.12. The monoisotopic (exact) mass is 552 g/mol. The summed E-state index contributed by atoms with van der Waals surface area (Å²) in [6.45, 7) is -0.930. The average molecular weight is 553 g/mol. The van der Waals surface area contributed by atoms with E-state index in [1.165, 1.54) is 23.6 Å². The molecule has 0 unspecified atom stereocenters. The Balaban J connectivity index is 1.97. The lowest BCUT2D eigenvalue weighted by Gasteiger charge is -2.27. The van der Waals surface area contributed by atoms with Crippen molar-refractivity contribution in [2.75, 3.05) is 12.4 Å². The van der Waals surface area contributed by atoms with Gasteiger partial charge < -0.3 is 4.74 Å². The zero-order chi connectivity index (χ0) is 24.1. The molecule has 3 aromatic heterocycles. The number of imidazole rings is 1. The second-order valence-electron chi connectivity index (χ2n) is 6.41. The third kappa shape index (κ3) is 4.16. The van der Waals surface area contributed by atoms with Crippen LogP contribution in [-0.2, 0) is 9.84 Å². The first-order valence-corrected chi connectivity index (χ1v) is 11.0. The first-order valence-electron chi connectivity index (χ1n) is 8.51. The number of nitrogens with zero attached hydrogens (tertiary/aromatic N) is 4. The molecule has 3 rings (SSSR count). The molecular formula is C16H12BrF7N4O3S. The fourth-order valence-corrected chi connectivity index (χ4v) is 4.00. The molecule has 0 aliphatic carbocycles. The zero-order valence-corrected chi connectivity index (χ0v) is 18.1. The molecule has 3 aromatic rings. The van der Waals surface area contributed by atoms with Crippen LogP contribution >= 0.6 is 15.9 Å². The summed E-state index contributed by atoms with van der Waals surface area (Å²) in [6.07, 6.45) is -3.51. The molecule has 0 spiro atoms. The number of fused-ring (bicyclic) bond motifs is 1. The number of hydrogen-bond acceptors (Lipinski definition) is 5. The van der Waals surface area contributed by atoms with Crippen LogP contribution in [0.15, 0.2) is 40.2 Å². The van der Waals surface area contributed by atoms with Gasteiger partial charge in [0.2, 0.25) is 0 Å². The van der Waals surface area contributed by atoms with Crippen LogP contribution in [0.25, 0.3) is 11.5 Å². The van der Waals surface area contributed by atoms with Gasteiger partial charge in [-0.25, -0.2) is 18.1 Å². The van der Waals surface area contributed by atoms with Crippen molar-refractivity contribution in [3.63, 3.8) is 0 Å². The normalized spacial score (nSPS) is 13.7. The van der Waals surface area contributed by atoms with Gasteiger partial charge in [0.25, 0.3) is 0 Å². The SMILES string of the molecule is CCS(=O)(=O)c1c(-n2cc(OCC(F)(F)C(F)(F)C(F)(F)F)cn2)nc2ccc(Br)cn12. The van der Waals surface area contributed by atoms with E-state index >= 15 is 0 Å². The number of sulfone groups is 1. The van der Waals surface area contributed by atoms with E-state index in [1.54, 1.807) is 6.07 Å². The predicted octanol–water partition coefficient (Wildman–Crippen LogP) is 4.29. The van der Waals surface area contributed by atoms with Gasteiger partial charge in [-0.15, -0.1) is 0 Å². The lowest BCUT2D eigenvalue weighted by Crippen LogP contribution is -2.54. The lowest BCUT2D eigenvalue weighted by atomic mass is 10.2. The van der Waals surface area contributed by atoms with Crippen molar-refractivity contribution in [2.45, 2.75) is 30.0 Å². The molecule has 0 aliphatic heterocycles. The minimum absolute atomic E-state index is 0.185. The van der Waals surface area contributed by atoms with Crippen LogP contribution in [0.5, 0.6) is 5.75 Å². The highest BCUT2D eigenvalue weighted by molar-refractivity contribution is 9.10. The van der Waals surface area contributed by atoms with Crippen LogP contribution in [-0.4, -0.2) is 58.0 Å². The zero-order valence-electron chi connectivity index (χ0n) is 15.7. The van der Waals surface area contributed by atoms with E-state index in [9.17, 15) is 39.2 Å². The molecule has 0 N–H and O–H groups in total. The summed E-state index contributed by atoms with van der Waals surface area (Å²) >= 11 is 3.20. The topological polar surface area (TPSA) is 78.5 Å². The Morgan fingerprint density at radius 3 is 2.34 bits per heavy atom. The van der Waals surface area contributed by atoms with Crippen molar-refractivity contribution in [3.05, 3.63) is 35.2 Å². The first kappa shape index (κ1) is 24.3. The summed E-state index contributed by atoms with van der Waals surface area (Å²) in [5, 5.41) is 3.40. The number of rotatable bonds is 7.